The predicted molar refractivity (Wildman–Crippen MR) is 85.7 cm³/mol. The van der Waals surface area contributed by atoms with E-state index in [2.05, 4.69) is 19.1 Å². The third-order valence-electron chi connectivity index (χ3n) is 4.49. The number of hydrogen-bond donors (Lipinski definition) is 1. The fraction of sp³-hybridized carbons (Fsp3) is 0.556. The Labute approximate surface area is 132 Å². The summed E-state index contributed by atoms with van der Waals surface area (Å²) < 4.78 is 0. The molecule has 1 heterocycles. The van der Waals surface area contributed by atoms with Gasteiger partial charge in [-0.25, -0.2) is 0 Å². The number of carboxylic acid groups (broad SMARTS) is 1. The van der Waals surface area contributed by atoms with Gasteiger partial charge in [0, 0.05) is 25.4 Å². The Hall–Kier alpha value is -1.84. The fourth-order valence-corrected chi connectivity index (χ4v) is 3.20. The van der Waals surface area contributed by atoms with Crippen LogP contribution in [0.3, 0.4) is 0 Å². The van der Waals surface area contributed by atoms with Gasteiger partial charge in [-0.2, -0.15) is 0 Å². The Bertz CT molecular complexity index is 500. The molecule has 1 fully saturated rings. The lowest BCUT2D eigenvalue weighted by Gasteiger charge is -2.36. The van der Waals surface area contributed by atoms with Crippen molar-refractivity contribution < 1.29 is 14.7 Å². The molecule has 4 heteroatoms. The van der Waals surface area contributed by atoms with Crippen LogP contribution in [0.1, 0.15) is 56.9 Å². The fourth-order valence-electron chi connectivity index (χ4n) is 3.20. The van der Waals surface area contributed by atoms with Crippen LogP contribution >= 0.6 is 0 Å². The zero-order valence-electron chi connectivity index (χ0n) is 13.2. The van der Waals surface area contributed by atoms with Crippen molar-refractivity contribution in [1.82, 2.24) is 4.90 Å². The first-order chi connectivity index (χ1) is 10.6. The largest absolute Gasteiger partial charge is 0.481 e. The zero-order valence-corrected chi connectivity index (χ0v) is 13.2. The SMILES string of the molecule is CC(CC(=O)N1CCCCC1CCC(=O)O)c1ccccc1. The van der Waals surface area contributed by atoms with E-state index in [9.17, 15) is 9.59 Å². The Morgan fingerprint density at radius 2 is 2.00 bits per heavy atom. The molecule has 120 valence electrons. The second-order valence-electron chi connectivity index (χ2n) is 6.19. The van der Waals surface area contributed by atoms with Crippen LogP contribution < -0.4 is 0 Å². The molecule has 1 aliphatic rings. The maximum atomic E-state index is 12.6. The number of rotatable bonds is 6. The first-order valence-electron chi connectivity index (χ1n) is 8.14. The molecule has 0 saturated carbocycles. The normalized spacial score (nSPS) is 19.7. The molecule has 0 aromatic heterocycles. The highest BCUT2D eigenvalue weighted by Gasteiger charge is 2.27. The molecule has 0 radical (unpaired) electrons. The van der Waals surface area contributed by atoms with Crippen molar-refractivity contribution in [2.24, 2.45) is 0 Å². The van der Waals surface area contributed by atoms with E-state index in [-0.39, 0.29) is 24.3 Å². The summed E-state index contributed by atoms with van der Waals surface area (Å²) in [6.45, 7) is 2.84. The molecule has 1 aromatic rings. The first-order valence-corrected chi connectivity index (χ1v) is 8.14. The molecule has 2 atom stereocenters. The van der Waals surface area contributed by atoms with Gasteiger partial charge in [-0.05, 0) is 37.2 Å². The summed E-state index contributed by atoms with van der Waals surface area (Å²) in [6.07, 6.45) is 4.24. The van der Waals surface area contributed by atoms with Gasteiger partial charge < -0.3 is 10.0 Å². The van der Waals surface area contributed by atoms with Gasteiger partial charge >= 0.3 is 5.97 Å². The summed E-state index contributed by atoms with van der Waals surface area (Å²) in [6, 6.07) is 10.2. The van der Waals surface area contributed by atoms with Crippen LogP contribution in [-0.4, -0.2) is 34.5 Å². The number of carboxylic acids is 1. The van der Waals surface area contributed by atoms with Crippen molar-refractivity contribution >= 4 is 11.9 Å². The Kier molecular flexibility index (Phi) is 5.99. The molecule has 0 spiro atoms. The zero-order chi connectivity index (χ0) is 15.9. The lowest BCUT2D eigenvalue weighted by atomic mass is 9.94. The summed E-state index contributed by atoms with van der Waals surface area (Å²) >= 11 is 0. The van der Waals surface area contributed by atoms with E-state index in [0.717, 1.165) is 25.8 Å². The number of benzene rings is 1. The van der Waals surface area contributed by atoms with Gasteiger partial charge in [-0.1, -0.05) is 37.3 Å². The Balaban J connectivity index is 1.95. The lowest BCUT2D eigenvalue weighted by molar-refractivity contribution is -0.140. The van der Waals surface area contributed by atoms with Crippen LogP contribution in [0.25, 0.3) is 0 Å². The molecule has 22 heavy (non-hydrogen) atoms. The maximum absolute atomic E-state index is 12.6. The van der Waals surface area contributed by atoms with E-state index in [1.165, 1.54) is 5.56 Å². The van der Waals surface area contributed by atoms with Gasteiger partial charge in [0.25, 0.3) is 0 Å². The molecular weight excluding hydrogens is 278 g/mol. The van der Waals surface area contributed by atoms with Crippen LogP contribution in [-0.2, 0) is 9.59 Å². The third kappa shape index (κ3) is 4.58. The van der Waals surface area contributed by atoms with Crippen LogP contribution in [0.4, 0.5) is 0 Å². The molecular formula is C18H25NO3. The van der Waals surface area contributed by atoms with E-state index in [1.54, 1.807) is 0 Å². The van der Waals surface area contributed by atoms with Crippen molar-refractivity contribution in [2.75, 3.05) is 6.54 Å². The van der Waals surface area contributed by atoms with Gasteiger partial charge in [-0.3, -0.25) is 9.59 Å². The van der Waals surface area contributed by atoms with Crippen molar-refractivity contribution in [3.8, 4) is 0 Å². The number of likely N-dealkylation sites (tertiary alicyclic amines) is 1. The van der Waals surface area contributed by atoms with Crippen molar-refractivity contribution in [1.29, 1.82) is 0 Å². The number of piperidine rings is 1. The van der Waals surface area contributed by atoms with Gasteiger partial charge in [0.05, 0.1) is 0 Å². The summed E-state index contributed by atoms with van der Waals surface area (Å²) in [5.74, 6) is -0.433. The molecule has 1 aliphatic heterocycles. The number of aliphatic carboxylic acids is 1. The van der Waals surface area contributed by atoms with E-state index < -0.39 is 5.97 Å². The summed E-state index contributed by atoms with van der Waals surface area (Å²) in [7, 11) is 0. The average molecular weight is 303 g/mol. The average Bonchev–Trinajstić information content (AvgIpc) is 2.54. The van der Waals surface area contributed by atoms with Crippen LogP contribution in [0, 0.1) is 0 Å². The molecule has 0 aliphatic carbocycles. The molecule has 4 nitrogen and oxygen atoms in total. The summed E-state index contributed by atoms with van der Waals surface area (Å²) in [5.41, 5.74) is 1.18. The molecule has 2 unspecified atom stereocenters. The highest BCUT2D eigenvalue weighted by molar-refractivity contribution is 5.77. The minimum atomic E-state index is -0.782. The number of hydrogen-bond acceptors (Lipinski definition) is 2. The van der Waals surface area contributed by atoms with Crippen molar-refractivity contribution in [3.63, 3.8) is 0 Å². The van der Waals surface area contributed by atoms with Crippen LogP contribution in [0.15, 0.2) is 30.3 Å². The van der Waals surface area contributed by atoms with Gasteiger partial charge in [0.1, 0.15) is 0 Å². The molecule has 1 saturated heterocycles. The summed E-state index contributed by atoms with van der Waals surface area (Å²) in [5, 5.41) is 8.86. The maximum Gasteiger partial charge on any atom is 0.303 e. The quantitative estimate of drug-likeness (QED) is 0.876. The van der Waals surface area contributed by atoms with Gasteiger partial charge in [0.15, 0.2) is 0 Å². The highest BCUT2D eigenvalue weighted by atomic mass is 16.4. The first kappa shape index (κ1) is 16.5. The Morgan fingerprint density at radius 3 is 2.68 bits per heavy atom. The molecule has 2 rings (SSSR count). The van der Waals surface area contributed by atoms with Gasteiger partial charge in [0.2, 0.25) is 5.91 Å². The molecule has 1 aromatic carbocycles. The molecule has 1 amide bonds. The number of nitrogens with zero attached hydrogens (tertiary/aromatic N) is 1. The second kappa shape index (κ2) is 7.97. The monoisotopic (exact) mass is 303 g/mol. The molecule has 1 N–H and O–H groups in total. The van der Waals surface area contributed by atoms with E-state index in [1.807, 2.05) is 23.1 Å². The minimum absolute atomic E-state index is 0.0975. The number of amides is 1. The number of carbonyl (C=O) groups is 2. The van der Waals surface area contributed by atoms with Crippen LogP contribution in [0.5, 0.6) is 0 Å². The highest BCUT2D eigenvalue weighted by Crippen LogP contribution is 2.25. The van der Waals surface area contributed by atoms with E-state index in [0.29, 0.717) is 12.8 Å². The van der Waals surface area contributed by atoms with Crippen LogP contribution in [0.2, 0.25) is 0 Å². The topological polar surface area (TPSA) is 57.6 Å². The minimum Gasteiger partial charge on any atom is -0.481 e. The smallest absolute Gasteiger partial charge is 0.303 e. The number of carbonyl (C=O) groups excluding carboxylic acids is 1. The van der Waals surface area contributed by atoms with Crippen molar-refractivity contribution in [2.45, 2.75) is 57.4 Å². The van der Waals surface area contributed by atoms with E-state index >= 15 is 0 Å². The molecule has 0 bridgehead atoms. The predicted octanol–water partition coefficient (Wildman–Crippen LogP) is 3.43. The summed E-state index contributed by atoms with van der Waals surface area (Å²) in [4.78, 5) is 25.3. The van der Waals surface area contributed by atoms with Gasteiger partial charge in [-0.15, -0.1) is 0 Å². The lowest BCUT2D eigenvalue weighted by Crippen LogP contribution is -2.44. The standard InChI is InChI=1S/C18H25NO3/c1-14(15-7-3-2-4-8-15)13-17(20)19-12-6-5-9-16(19)10-11-18(21)22/h2-4,7-8,14,16H,5-6,9-13H2,1H3,(H,21,22). The third-order valence-corrected chi connectivity index (χ3v) is 4.49. The van der Waals surface area contributed by atoms with Crippen molar-refractivity contribution in [3.05, 3.63) is 35.9 Å². The van der Waals surface area contributed by atoms with E-state index in [4.69, 9.17) is 5.11 Å². The second-order valence-corrected chi connectivity index (χ2v) is 6.19. The Morgan fingerprint density at radius 1 is 1.27 bits per heavy atom.